The van der Waals surface area contributed by atoms with Crippen LogP contribution < -0.4 is 15.4 Å². The van der Waals surface area contributed by atoms with Gasteiger partial charge in [0.05, 0.1) is 7.11 Å². The smallest absolute Gasteiger partial charge is 0.247 e. The van der Waals surface area contributed by atoms with Gasteiger partial charge in [-0.1, -0.05) is 54.5 Å². The number of benzene rings is 2. The number of aryl methyl sites for hydroxylation is 1. The molecule has 1 unspecified atom stereocenters. The zero-order valence-electron chi connectivity index (χ0n) is 23.3. The second-order valence-electron chi connectivity index (χ2n) is 10.1. The molecule has 9 nitrogen and oxygen atoms in total. The molecule has 208 valence electrons. The molecule has 3 rings (SSSR count). The Balaban J connectivity index is 1.88. The van der Waals surface area contributed by atoms with Crippen molar-refractivity contribution in [1.82, 2.24) is 15.4 Å². The molecule has 0 bridgehead atoms. The van der Waals surface area contributed by atoms with Crippen LogP contribution in [0.25, 0.3) is 0 Å². The molecule has 3 amide bonds. The van der Waals surface area contributed by atoms with Gasteiger partial charge in [-0.25, -0.2) is 0 Å². The second kappa shape index (κ2) is 13.6. The van der Waals surface area contributed by atoms with E-state index in [1.165, 1.54) is 0 Å². The lowest BCUT2D eigenvalue weighted by Crippen LogP contribution is -2.50. The number of carbonyl (C=O) groups excluding carboxylic acids is 3. The van der Waals surface area contributed by atoms with Crippen LogP contribution in [0.3, 0.4) is 0 Å². The third-order valence-corrected chi connectivity index (χ3v) is 6.60. The van der Waals surface area contributed by atoms with Crippen LogP contribution in [-0.4, -0.2) is 47.0 Å². The van der Waals surface area contributed by atoms with Crippen molar-refractivity contribution in [1.29, 1.82) is 0 Å². The first-order valence-electron chi connectivity index (χ1n) is 13.1. The van der Waals surface area contributed by atoms with Crippen LogP contribution in [0.1, 0.15) is 63.0 Å². The molecule has 1 aromatic heterocycles. The number of methoxy groups -OCH3 is 1. The Labute approximate surface area is 229 Å². The standard InChI is InChI=1S/C30H38N4O5/c1-6-30(3,4)32-29(37)28(23-12-14-24(38-5)15-13-23)34(19-18-22-10-8-7-9-11-22)27(36)17-16-26(35)31-25-20-21(2)39-33-25/h7-15,20,28H,6,16-19H2,1-5H3,(H,32,37)(H,31,33,35). The average Bonchev–Trinajstić information content (AvgIpc) is 3.34. The molecule has 2 aromatic carbocycles. The molecule has 2 N–H and O–H groups in total. The summed E-state index contributed by atoms with van der Waals surface area (Å²) in [5.74, 6) is 0.560. The lowest BCUT2D eigenvalue weighted by atomic mass is 9.98. The van der Waals surface area contributed by atoms with Crippen molar-refractivity contribution in [3.63, 3.8) is 0 Å². The number of anilines is 1. The molecule has 0 spiro atoms. The number of nitrogens with one attached hydrogen (secondary N) is 2. The van der Waals surface area contributed by atoms with Crippen LogP contribution >= 0.6 is 0 Å². The Morgan fingerprint density at radius 3 is 2.33 bits per heavy atom. The van der Waals surface area contributed by atoms with Gasteiger partial charge in [0.15, 0.2) is 5.82 Å². The zero-order valence-corrected chi connectivity index (χ0v) is 23.3. The Morgan fingerprint density at radius 1 is 1.05 bits per heavy atom. The summed E-state index contributed by atoms with van der Waals surface area (Å²) in [5, 5.41) is 9.51. The van der Waals surface area contributed by atoms with Crippen molar-refractivity contribution >= 4 is 23.5 Å². The van der Waals surface area contributed by atoms with Gasteiger partial charge in [-0.2, -0.15) is 0 Å². The SMILES string of the molecule is CCC(C)(C)NC(=O)C(c1ccc(OC)cc1)N(CCc1ccccc1)C(=O)CCC(=O)Nc1cc(C)on1. The van der Waals surface area contributed by atoms with Gasteiger partial charge in [-0.05, 0) is 56.9 Å². The second-order valence-corrected chi connectivity index (χ2v) is 10.1. The highest BCUT2D eigenvalue weighted by atomic mass is 16.5. The predicted octanol–water partition coefficient (Wildman–Crippen LogP) is 4.83. The number of ether oxygens (including phenoxy) is 1. The molecular formula is C30H38N4O5. The summed E-state index contributed by atoms with van der Waals surface area (Å²) in [4.78, 5) is 41.6. The number of hydrogen-bond acceptors (Lipinski definition) is 6. The van der Waals surface area contributed by atoms with Gasteiger partial charge in [-0.15, -0.1) is 0 Å². The van der Waals surface area contributed by atoms with E-state index in [0.29, 0.717) is 42.3 Å². The molecule has 1 atom stereocenters. The van der Waals surface area contributed by atoms with Gasteiger partial charge in [0, 0.05) is 31.0 Å². The molecule has 1 heterocycles. The summed E-state index contributed by atoms with van der Waals surface area (Å²) in [7, 11) is 1.57. The minimum absolute atomic E-state index is 0.0655. The maximum Gasteiger partial charge on any atom is 0.247 e. The molecule has 0 aliphatic carbocycles. The number of rotatable bonds is 13. The van der Waals surface area contributed by atoms with E-state index in [0.717, 1.165) is 5.56 Å². The van der Waals surface area contributed by atoms with Crippen LogP contribution in [0.4, 0.5) is 5.82 Å². The van der Waals surface area contributed by atoms with Gasteiger partial charge in [0.2, 0.25) is 17.7 Å². The van der Waals surface area contributed by atoms with Gasteiger partial charge in [0.1, 0.15) is 17.6 Å². The molecule has 0 saturated heterocycles. The Morgan fingerprint density at radius 2 is 1.74 bits per heavy atom. The quantitative estimate of drug-likeness (QED) is 0.325. The predicted molar refractivity (Wildman–Crippen MR) is 149 cm³/mol. The molecule has 0 radical (unpaired) electrons. The summed E-state index contributed by atoms with van der Waals surface area (Å²) >= 11 is 0. The molecule has 0 fully saturated rings. The van der Waals surface area contributed by atoms with E-state index in [1.54, 1.807) is 49.3 Å². The Bertz CT molecular complexity index is 1240. The van der Waals surface area contributed by atoms with Crippen molar-refractivity contribution in [2.75, 3.05) is 19.0 Å². The third-order valence-electron chi connectivity index (χ3n) is 6.60. The number of hydrogen-bond donors (Lipinski definition) is 2. The van der Waals surface area contributed by atoms with Crippen LogP contribution in [0.15, 0.2) is 65.2 Å². The highest BCUT2D eigenvalue weighted by Crippen LogP contribution is 2.27. The minimum atomic E-state index is -0.890. The van der Waals surface area contributed by atoms with Gasteiger partial charge in [-0.3, -0.25) is 14.4 Å². The van der Waals surface area contributed by atoms with Crippen LogP contribution in [-0.2, 0) is 20.8 Å². The van der Waals surface area contributed by atoms with Gasteiger partial charge < -0.3 is 24.8 Å². The fourth-order valence-electron chi connectivity index (χ4n) is 4.04. The van der Waals surface area contributed by atoms with Crippen LogP contribution in [0.5, 0.6) is 5.75 Å². The highest BCUT2D eigenvalue weighted by Gasteiger charge is 2.33. The fraction of sp³-hybridized carbons (Fsp3) is 0.400. The zero-order chi connectivity index (χ0) is 28.4. The number of aromatic nitrogens is 1. The minimum Gasteiger partial charge on any atom is -0.497 e. The third kappa shape index (κ3) is 8.70. The van der Waals surface area contributed by atoms with Crippen molar-refractivity contribution in [2.24, 2.45) is 0 Å². The number of amides is 3. The first-order chi connectivity index (χ1) is 18.6. The Hall–Kier alpha value is -4.14. The molecule has 0 saturated carbocycles. The molecule has 0 aliphatic rings. The largest absolute Gasteiger partial charge is 0.497 e. The van der Waals surface area contributed by atoms with Crippen LogP contribution in [0.2, 0.25) is 0 Å². The highest BCUT2D eigenvalue weighted by molar-refractivity contribution is 5.94. The first-order valence-corrected chi connectivity index (χ1v) is 13.1. The summed E-state index contributed by atoms with van der Waals surface area (Å²) in [6, 6.07) is 17.6. The molecule has 0 aliphatic heterocycles. The topological polar surface area (TPSA) is 114 Å². The Kier molecular flexibility index (Phi) is 10.3. The van der Waals surface area contributed by atoms with E-state index in [1.807, 2.05) is 51.1 Å². The first kappa shape index (κ1) is 29.4. The van der Waals surface area contributed by atoms with Crippen molar-refractivity contribution in [2.45, 2.75) is 65.0 Å². The van der Waals surface area contributed by atoms with Crippen LogP contribution in [0, 0.1) is 6.92 Å². The molecule has 9 heteroatoms. The monoisotopic (exact) mass is 534 g/mol. The van der Waals surface area contributed by atoms with Crippen molar-refractivity contribution < 1.29 is 23.6 Å². The van der Waals surface area contributed by atoms with Crippen molar-refractivity contribution in [3.8, 4) is 5.75 Å². The molecule has 39 heavy (non-hydrogen) atoms. The van der Waals surface area contributed by atoms with E-state index >= 15 is 0 Å². The number of carbonyl (C=O) groups is 3. The molecule has 3 aromatic rings. The van der Waals surface area contributed by atoms with Gasteiger partial charge >= 0.3 is 0 Å². The van der Waals surface area contributed by atoms with E-state index in [-0.39, 0.29) is 30.6 Å². The maximum atomic E-state index is 13.8. The number of nitrogens with zero attached hydrogens (tertiary/aromatic N) is 2. The summed E-state index contributed by atoms with van der Waals surface area (Å²) in [5.41, 5.74) is 1.23. The van der Waals surface area contributed by atoms with E-state index < -0.39 is 11.6 Å². The normalized spacial score (nSPS) is 11.9. The van der Waals surface area contributed by atoms with Gasteiger partial charge in [0.25, 0.3) is 0 Å². The average molecular weight is 535 g/mol. The van der Waals surface area contributed by atoms with E-state index in [9.17, 15) is 14.4 Å². The fourth-order valence-corrected chi connectivity index (χ4v) is 4.04. The summed E-state index contributed by atoms with van der Waals surface area (Å²) in [6.07, 6.45) is 1.13. The maximum absolute atomic E-state index is 13.8. The lowest BCUT2D eigenvalue weighted by Gasteiger charge is -2.35. The van der Waals surface area contributed by atoms with E-state index in [2.05, 4.69) is 15.8 Å². The summed E-state index contributed by atoms with van der Waals surface area (Å²) in [6.45, 7) is 7.91. The summed E-state index contributed by atoms with van der Waals surface area (Å²) < 4.78 is 10.3. The molecular weight excluding hydrogens is 496 g/mol. The van der Waals surface area contributed by atoms with E-state index in [4.69, 9.17) is 9.26 Å². The lowest BCUT2D eigenvalue weighted by molar-refractivity contribution is -0.142. The van der Waals surface area contributed by atoms with Crippen molar-refractivity contribution in [3.05, 3.63) is 77.6 Å².